The third kappa shape index (κ3) is 2.37. The number of hydrogen-bond acceptors (Lipinski definition) is 4. The maximum Gasteiger partial charge on any atom is 0.332 e. The van der Waals surface area contributed by atoms with Gasteiger partial charge in [0.15, 0.2) is 11.5 Å². The van der Waals surface area contributed by atoms with E-state index in [0.29, 0.717) is 0 Å². The van der Waals surface area contributed by atoms with Crippen molar-refractivity contribution in [2.75, 3.05) is 0 Å². The number of carbonyl (C=O) groups is 1. The van der Waals surface area contributed by atoms with Gasteiger partial charge in [0.2, 0.25) is 0 Å². The van der Waals surface area contributed by atoms with Crippen molar-refractivity contribution in [2.24, 2.45) is 10.8 Å². The second-order valence-corrected chi connectivity index (χ2v) is 2.45. The zero-order chi connectivity index (χ0) is 10.6. The van der Waals surface area contributed by atoms with Crippen LogP contribution in [0.1, 0.15) is 5.56 Å². The van der Waals surface area contributed by atoms with Crippen LogP contribution in [0.4, 0.5) is 4.79 Å². The molecule has 0 aliphatic rings. The Kier molecular flexibility index (Phi) is 2.90. The highest BCUT2D eigenvalue weighted by molar-refractivity contribution is 5.85. The van der Waals surface area contributed by atoms with Crippen LogP contribution in [0, 0.1) is 0 Å². The van der Waals surface area contributed by atoms with Crippen LogP contribution in [0.2, 0.25) is 0 Å². The predicted molar refractivity (Wildman–Crippen MR) is 50.1 cm³/mol. The topological polar surface area (TPSA) is 108 Å². The Morgan fingerprint density at radius 1 is 1.50 bits per heavy atom. The normalized spacial score (nSPS) is 10.3. The van der Waals surface area contributed by atoms with E-state index in [0.717, 1.165) is 0 Å². The first kappa shape index (κ1) is 9.85. The predicted octanol–water partition coefficient (Wildman–Crippen LogP) is 0.1000. The second-order valence-electron chi connectivity index (χ2n) is 2.45. The van der Waals surface area contributed by atoms with E-state index in [-0.39, 0.29) is 17.1 Å². The number of nitrogens with zero attached hydrogens (tertiary/aromatic N) is 1. The summed E-state index contributed by atoms with van der Waals surface area (Å²) in [4.78, 5) is 10.2. The van der Waals surface area contributed by atoms with Crippen LogP contribution in [0.25, 0.3) is 0 Å². The summed E-state index contributed by atoms with van der Waals surface area (Å²) in [7, 11) is 0. The molecule has 74 valence electrons. The van der Waals surface area contributed by atoms with Gasteiger partial charge >= 0.3 is 6.03 Å². The smallest absolute Gasteiger partial charge is 0.332 e. The number of hydrogen-bond donors (Lipinski definition) is 4. The number of urea groups is 1. The molecule has 0 aromatic heterocycles. The summed E-state index contributed by atoms with van der Waals surface area (Å²) in [5.41, 5.74) is 6.98. The van der Waals surface area contributed by atoms with Crippen LogP contribution in [-0.4, -0.2) is 22.5 Å². The fourth-order valence-corrected chi connectivity index (χ4v) is 0.818. The number of nitrogens with two attached hydrogens (primary N) is 1. The lowest BCUT2D eigenvalue weighted by atomic mass is 10.2. The number of amides is 2. The molecule has 6 heteroatoms. The lowest BCUT2D eigenvalue weighted by molar-refractivity contribution is 0.249. The molecule has 0 saturated heterocycles. The van der Waals surface area contributed by atoms with E-state index < -0.39 is 6.03 Å². The number of nitrogens with one attached hydrogen (secondary N) is 1. The molecule has 1 aromatic rings. The molecule has 0 spiro atoms. The quantitative estimate of drug-likeness (QED) is 0.305. The lowest BCUT2D eigenvalue weighted by Crippen LogP contribution is -2.24. The van der Waals surface area contributed by atoms with Crippen molar-refractivity contribution in [3.8, 4) is 11.5 Å². The number of phenols is 2. The number of para-hydroxylation sites is 1. The Morgan fingerprint density at radius 2 is 2.21 bits per heavy atom. The van der Waals surface area contributed by atoms with Gasteiger partial charge in [-0.2, -0.15) is 5.10 Å². The Bertz CT molecular complexity index is 376. The summed E-state index contributed by atoms with van der Waals surface area (Å²) in [6, 6.07) is 3.57. The van der Waals surface area contributed by atoms with Gasteiger partial charge in [0, 0.05) is 5.56 Å². The summed E-state index contributed by atoms with van der Waals surface area (Å²) in [5.74, 6) is -0.560. The third-order valence-corrected chi connectivity index (χ3v) is 1.42. The largest absolute Gasteiger partial charge is 0.504 e. The van der Waals surface area contributed by atoms with Crippen molar-refractivity contribution in [2.45, 2.75) is 0 Å². The average molecular weight is 195 g/mol. The third-order valence-electron chi connectivity index (χ3n) is 1.42. The molecule has 0 heterocycles. The molecule has 6 nitrogen and oxygen atoms in total. The zero-order valence-electron chi connectivity index (χ0n) is 7.14. The summed E-state index contributed by atoms with van der Waals surface area (Å²) in [5, 5.41) is 21.8. The first-order chi connectivity index (χ1) is 6.61. The van der Waals surface area contributed by atoms with Gasteiger partial charge < -0.3 is 15.9 Å². The molecular formula is C8H9N3O3. The average Bonchev–Trinajstić information content (AvgIpc) is 2.12. The Labute approximate surface area is 79.7 Å². The number of benzene rings is 1. The number of aromatic hydroxyl groups is 2. The molecule has 0 aliphatic carbocycles. The highest BCUT2D eigenvalue weighted by Crippen LogP contribution is 2.26. The van der Waals surface area contributed by atoms with Gasteiger partial charge in [-0.1, -0.05) is 6.07 Å². The van der Waals surface area contributed by atoms with E-state index in [1.807, 2.05) is 5.43 Å². The van der Waals surface area contributed by atoms with Crippen molar-refractivity contribution < 1.29 is 15.0 Å². The molecule has 14 heavy (non-hydrogen) atoms. The minimum atomic E-state index is -0.805. The minimum absolute atomic E-state index is 0.256. The fraction of sp³-hybridized carbons (Fsp3) is 0. The van der Waals surface area contributed by atoms with E-state index in [1.165, 1.54) is 24.4 Å². The van der Waals surface area contributed by atoms with Crippen LogP contribution in [0.15, 0.2) is 23.3 Å². The molecule has 0 bridgehead atoms. The van der Waals surface area contributed by atoms with E-state index in [1.54, 1.807) is 0 Å². The first-order valence-corrected chi connectivity index (χ1v) is 3.70. The molecule has 0 atom stereocenters. The van der Waals surface area contributed by atoms with Crippen molar-refractivity contribution in [3.05, 3.63) is 23.8 Å². The van der Waals surface area contributed by atoms with Crippen LogP contribution in [0.5, 0.6) is 11.5 Å². The van der Waals surface area contributed by atoms with Crippen LogP contribution in [-0.2, 0) is 0 Å². The van der Waals surface area contributed by atoms with Gasteiger partial charge in [0.05, 0.1) is 6.21 Å². The number of carbonyl (C=O) groups excluding carboxylic acids is 1. The molecular weight excluding hydrogens is 186 g/mol. The standard InChI is InChI=1S/C8H9N3O3/c9-8(14)11-10-4-5-2-1-3-6(12)7(5)13/h1-4,12-13H,(H3,9,11,14)/b10-4+. The molecule has 0 fully saturated rings. The van der Waals surface area contributed by atoms with E-state index >= 15 is 0 Å². The van der Waals surface area contributed by atoms with E-state index in [9.17, 15) is 9.90 Å². The van der Waals surface area contributed by atoms with Crippen LogP contribution in [0.3, 0.4) is 0 Å². The SMILES string of the molecule is NC(=O)N/N=C/c1cccc(O)c1O. The summed E-state index contributed by atoms with van der Waals surface area (Å²) >= 11 is 0. The van der Waals surface area contributed by atoms with Crippen molar-refractivity contribution in [1.82, 2.24) is 5.43 Å². The number of primary amides is 1. The van der Waals surface area contributed by atoms with Crippen LogP contribution >= 0.6 is 0 Å². The molecule has 1 rings (SSSR count). The van der Waals surface area contributed by atoms with Crippen LogP contribution < -0.4 is 11.2 Å². The maximum atomic E-state index is 10.2. The highest BCUT2D eigenvalue weighted by atomic mass is 16.3. The molecule has 2 amide bonds. The van der Waals surface area contributed by atoms with Gasteiger partial charge in [-0.05, 0) is 12.1 Å². The molecule has 0 radical (unpaired) electrons. The van der Waals surface area contributed by atoms with E-state index in [4.69, 9.17) is 10.8 Å². The molecule has 0 saturated carbocycles. The zero-order valence-corrected chi connectivity index (χ0v) is 7.14. The number of rotatable bonds is 2. The van der Waals surface area contributed by atoms with Crippen molar-refractivity contribution in [1.29, 1.82) is 0 Å². The van der Waals surface area contributed by atoms with Gasteiger partial charge in [0.1, 0.15) is 0 Å². The van der Waals surface area contributed by atoms with Gasteiger partial charge in [-0.15, -0.1) is 0 Å². The monoisotopic (exact) mass is 195 g/mol. The Morgan fingerprint density at radius 3 is 2.86 bits per heavy atom. The lowest BCUT2D eigenvalue weighted by Gasteiger charge is -1.99. The summed E-state index contributed by atoms with van der Waals surface area (Å²) in [6.07, 6.45) is 1.17. The van der Waals surface area contributed by atoms with Gasteiger partial charge in [-0.25, -0.2) is 10.2 Å². The van der Waals surface area contributed by atoms with Crippen molar-refractivity contribution in [3.63, 3.8) is 0 Å². The first-order valence-electron chi connectivity index (χ1n) is 3.70. The minimum Gasteiger partial charge on any atom is -0.504 e. The second kappa shape index (κ2) is 4.13. The fourth-order valence-electron chi connectivity index (χ4n) is 0.818. The molecule has 0 aliphatic heterocycles. The number of phenolic OH excluding ortho intramolecular Hbond substituents is 2. The molecule has 1 aromatic carbocycles. The van der Waals surface area contributed by atoms with Gasteiger partial charge in [0.25, 0.3) is 0 Å². The molecule has 5 N–H and O–H groups in total. The summed E-state index contributed by atoms with van der Waals surface area (Å²) < 4.78 is 0. The van der Waals surface area contributed by atoms with E-state index in [2.05, 4.69) is 5.10 Å². The van der Waals surface area contributed by atoms with Crippen molar-refractivity contribution >= 4 is 12.2 Å². The van der Waals surface area contributed by atoms with Gasteiger partial charge in [-0.3, -0.25) is 0 Å². The maximum absolute atomic E-state index is 10.2. The number of hydrazone groups is 1. The Hall–Kier alpha value is -2.24. The summed E-state index contributed by atoms with van der Waals surface area (Å²) in [6.45, 7) is 0. The molecule has 0 unspecified atom stereocenters. The Balaban J connectivity index is 2.81. The highest BCUT2D eigenvalue weighted by Gasteiger charge is 2.02.